The van der Waals surface area contributed by atoms with Crippen molar-refractivity contribution in [3.63, 3.8) is 0 Å². The van der Waals surface area contributed by atoms with Crippen LogP contribution in [0.2, 0.25) is 0 Å². The molecule has 3 N–H and O–H groups in total. The predicted molar refractivity (Wildman–Crippen MR) is 113 cm³/mol. The maximum absolute atomic E-state index is 11.8. The molecular weight excluding hydrogens is 389 g/mol. The molecule has 0 aliphatic carbocycles. The highest BCUT2D eigenvalue weighted by Gasteiger charge is 2.21. The van der Waals surface area contributed by atoms with Gasteiger partial charge in [0, 0.05) is 26.7 Å². The number of nitrogens with one attached hydrogen (secondary N) is 2. The van der Waals surface area contributed by atoms with Crippen LogP contribution in [0.15, 0.2) is 30.3 Å². The van der Waals surface area contributed by atoms with Crippen molar-refractivity contribution in [1.29, 1.82) is 0 Å². The monoisotopic (exact) mass is 421 g/mol. The van der Waals surface area contributed by atoms with Crippen LogP contribution in [0.25, 0.3) is 0 Å². The third-order valence-corrected chi connectivity index (χ3v) is 4.68. The number of methoxy groups -OCH3 is 1. The Morgan fingerprint density at radius 1 is 1.26 bits per heavy atom. The molecule has 1 heterocycles. The number of rotatable bonds is 10. The summed E-state index contributed by atoms with van der Waals surface area (Å²) in [5, 5.41) is 16.4. The first-order valence-corrected chi connectivity index (χ1v) is 9.10. The molecule has 1 aromatic rings. The number of aliphatic hydroxyl groups is 1. The van der Waals surface area contributed by atoms with Gasteiger partial charge in [-0.15, -0.1) is 24.8 Å². The minimum atomic E-state index is -0.435. The van der Waals surface area contributed by atoms with Crippen LogP contribution in [0, 0.1) is 5.92 Å². The topological polar surface area (TPSA) is 73.8 Å². The van der Waals surface area contributed by atoms with Crippen LogP contribution < -0.4 is 10.6 Å². The molecule has 0 saturated carbocycles. The van der Waals surface area contributed by atoms with Gasteiger partial charge in [0.2, 0.25) is 5.91 Å². The van der Waals surface area contributed by atoms with Crippen LogP contribution >= 0.6 is 24.8 Å². The zero-order chi connectivity index (χ0) is 17.9. The number of ether oxygens (including phenoxy) is 1. The number of halogens is 2. The molecule has 1 fully saturated rings. The van der Waals surface area contributed by atoms with Crippen molar-refractivity contribution in [2.45, 2.75) is 18.9 Å². The molecule has 1 unspecified atom stereocenters. The van der Waals surface area contributed by atoms with E-state index in [1.54, 1.807) is 7.11 Å². The van der Waals surface area contributed by atoms with Gasteiger partial charge in [0.1, 0.15) is 0 Å². The van der Waals surface area contributed by atoms with Gasteiger partial charge >= 0.3 is 0 Å². The maximum atomic E-state index is 11.8. The number of carbonyl (C=O) groups excluding carboxylic acids is 1. The Morgan fingerprint density at radius 3 is 2.56 bits per heavy atom. The Morgan fingerprint density at radius 2 is 1.93 bits per heavy atom. The van der Waals surface area contributed by atoms with Crippen LogP contribution in [-0.4, -0.2) is 68.9 Å². The number of benzene rings is 1. The summed E-state index contributed by atoms with van der Waals surface area (Å²) in [6.07, 6.45) is 1.67. The maximum Gasteiger partial charge on any atom is 0.233 e. The van der Waals surface area contributed by atoms with Crippen molar-refractivity contribution in [3.8, 4) is 0 Å². The number of piperidine rings is 1. The standard InChI is InChI=1S/C19H31N3O3.2ClH/c1-25-12-9-20-14-19(24)21-13-16-7-10-22(11-8-16)15-18(23)17-5-3-2-4-6-17;;/h2-6,16,18,20,23H,7-15H2,1H3,(H,21,24);2*1H. The Balaban J connectivity index is 0.00000338. The van der Waals surface area contributed by atoms with E-state index in [0.717, 1.165) is 38.0 Å². The molecule has 1 amide bonds. The molecule has 156 valence electrons. The lowest BCUT2D eigenvalue weighted by Crippen LogP contribution is -2.42. The van der Waals surface area contributed by atoms with Gasteiger partial charge in [0.25, 0.3) is 0 Å². The second kappa shape index (κ2) is 15.1. The molecule has 1 aliphatic rings. The first kappa shape index (κ1) is 26.1. The molecule has 1 saturated heterocycles. The molecule has 8 heteroatoms. The Bertz CT molecular complexity index is 500. The first-order valence-electron chi connectivity index (χ1n) is 9.10. The molecule has 0 radical (unpaired) electrons. The highest BCUT2D eigenvalue weighted by molar-refractivity contribution is 5.85. The third kappa shape index (κ3) is 10.3. The Hall–Kier alpha value is -0.890. The van der Waals surface area contributed by atoms with Gasteiger partial charge in [-0.1, -0.05) is 30.3 Å². The predicted octanol–water partition coefficient (Wildman–Crippen LogP) is 1.63. The van der Waals surface area contributed by atoms with E-state index < -0.39 is 6.10 Å². The summed E-state index contributed by atoms with van der Waals surface area (Å²) in [7, 11) is 1.65. The van der Waals surface area contributed by atoms with Gasteiger partial charge in [0.15, 0.2) is 0 Å². The van der Waals surface area contributed by atoms with E-state index in [9.17, 15) is 9.90 Å². The largest absolute Gasteiger partial charge is 0.387 e. The van der Waals surface area contributed by atoms with Crippen LogP contribution in [0.5, 0.6) is 0 Å². The van der Waals surface area contributed by atoms with Crippen molar-refractivity contribution in [2.75, 3.05) is 53.0 Å². The van der Waals surface area contributed by atoms with E-state index in [4.69, 9.17) is 4.74 Å². The molecule has 1 aromatic carbocycles. The summed E-state index contributed by atoms with van der Waals surface area (Å²) >= 11 is 0. The number of likely N-dealkylation sites (tertiary alicyclic amines) is 1. The van der Waals surface area contributed by atoms with E-state index in [1.807, 2.05) is 30.3 Å². The average molecular weight is 422 g/mol. The SMILES string of the molecule is COCCNCC(=O)NCC1CCN(CC(O)c2ccccc2)CC1.Cl.Cl. The second-order valence-electron chi connectivity index (χ2n) is 6.64. The van der Waals surface area contributed by atoms with Crippen molar-refractivity contribution in [3.05, 3.63) is 35.9 Å². The summed E-state index contributed by atoms with van der Waals surface area (Å²) in [4.78, 5) is 14.1. The zero-order valence-electron chi connectivity index (χ0n) is 15.9. The van der Waals surface area contributed by atoms with Gasteiger partial charge in [0.05, 0.1) is 19.3 Å². The normalized spacial score (nSPS) is 16.1. The van der Waals surface area contributed by atoms with E-state index >= 15 is 0 Å². The van der Waals surface area contributed by atoms with Crippen LogP contribution in [0.3, 0.4) is 0 Å². The average Bonchev–Trinajstić information content (AvgIpc) is 2.65. The molecule has 1 atom stereocenters. The lowest BCUT2D eigenvalue weighted by molar-refractivity contribution is -0.120. The van der Waals surface area contributed by atoms with E-state index in [2.05, 4.69) is 15.5 Å². The van der Waals surface area contributed by atoms with Crippen LogP contribution in [0.1, 0.15) is 24.5 Å². The Kier molecular flexibility index (Phi) is 14.6. The van der Waals surface area contributed by atoms with Crippen LogP contribution in [0.4, 0.5) is 0 Å². The van der Waals surface area contributed by atoms with E-state index in [0.29, 0.717) is 32.2 Å². The first-order chi connectivity index (χ1) is 12.2. The summed E-state index contributed by atoms with van der Waals surface area (Å²) in [6.45, 7) is 4.98. The minimum Gasteiger partial charge on any atom is -0.387 e. The smallest absolute Gasteiger partial charge is 0.233 e. The number of hydrogen-bond acceptors (Lipinski definition) is 5. The lowest BCUT2D eigenvalue weighted by atomic mass is 9.96. The fourth-order valence-electron chi connectivity index (χ4n) is 3.10. The quantitative estimate of drug-likeness (QED) is 0.500. The van der Waals surface area contributed by atoms with E-state index in [1.165, 1.54) is 0 Å². The number of aliphatic hydroxyl groups excluding tert-OH is 1. The molecule has 2 rings (SSSR count). The number of amides is 1. The summed E-state index contributed by atoms with van der Waals surface area (Å²) in [5.74, 6) is 0.561. The molecular formula is C19H33Cl2N3O3. The lowest BCUT2D eigenvalue weighted by Gasteiger charge is -2.33. The zero-order valence-corrected chi connectivity index (χ0v) is 17.6. The third-order valence-electron chi connectivity index (χ3n) is 4.68. The Labute approximate surface area is 174 Å². The highest BCUT2D eigenvalue weighted by Crippen LogP contribution is 2.20. The van der Waals surface area contributed by atoms with Gasteiger partial charge < -0.3 is 25.4 Å². The fourth-order valence-corrected chi connectivity index (χ4v) is 3.10. The van der Waals surface area contributed by atoms with Gasteiger partial charge in [-0.3, -0.25) is 4.79 Å². The second-order valence-corrected chi connectivity index (χ2v) is 6.64. The fraction of sp³-hybridized carbons (Fsp3) is 0.632. The van der Waals surface area contributed by atoms with Crippen LogP contribution in [-0.2, 0) is 9.53 Å². The summed E-state index contributed by atoms with van der Waals surface area (Å²) < 4.78 is 4.93. The minimum absolute atomic E-state index is 0. The van der Waals surface area contributed by atoms with E-state index in [-0.39, 0.29) is 30.7 Å². The molecule has 0 aromatic heterocycles. The number of β-amino-alcohol motifs (C(OH)–C–C–N with tert-alkyl or cyclic N) is 1. The highest BCUT2D eigenvalue weighted by atomic mass is 35.5. The molecule has 27 heavy (non-hydrogen) atoms. The molecule has 1 aliphatic heterocycles. The van der Waals surface area contributed by atoms with Crippen molar-refractivity contribution < 1.29 is 14.6 Å². The molecule has 0 spiro atoms. The van der Waals surface area contributed by atoms with Gasteiger partial charge in [-0.2, -0.15) is 0 Å². The van der Waals surface area contributed by atoms with Crippen molar-refractivity contribution >= 4 is 30.7 Å². The van der Waals surface area contributed by atoms with Crippen molar-refractivity contribution in [2.24, 2.45) is 5.92 Å². The van der Waals surface area contributed by atoms with Gasteiger partial charge in [-0.05, 0) is 37.4 Å². The number of carbonyl (C=O) groups is 1. The number of hydrogen-bond donors (Lipinski definition) is 3. The molecule has 0 bridgehead atoms. The number of nitrogens with zero attached hydrogens (tertiary/aromatic N) is 1. The summed E-state index contributed by atoms with van der Waals surface area (Å²) in [6, 6.07) is 9.81. The van der Waals surface area contributed by atoms with Gasteiger partial charge in [-0.25, -0.2) is 0 Å². The van der Waals surface area contributed by atoms with Crippen molar-refractivity contribution in [1.82, 2.24) is 15.5 Å². The molecule has 6 nitrogen and oxygen atoms in total. The summed E-state index contributed by atoms with van der Waals surface area (Å²) in [5.41, 5.74) is 0.970.